The van der Waals surface area contributed by atoms with Gasteiger partial charge in [-0.3, -0.25) is 0 Å². The van der Waals surface area contributed by atoms with Gasteiger partial charge in [-0.1, -0.05) is 25.3 Å². The smallest absolute Gasteiger partial charge is 0.229 e. The quantitative estimate of drug-likeness (QED) is 0.479. The van der Waals surface area contributed by atoms with Crippen LogP contribution in [0.5, 0.6) is 5.75 Å². The molecule has 0 bridgehead atoms. The molecule has 1 aliphatic carbocycles. The Bertz CT molecular complexity index is 1130. The number of anilines is 4. The minimum Gasteiger partial charge on any atom is -0.508 e. The molecular formula is C25H29N5O2S. The second-order valence-electron chi connectivity index (χ2n) is 8.64. The molecule has 3 N–H and O–H groups in total. The maximum absolute atomic E-state index is 12.7. The maximum Gasteiger partial charge on any atom is 0.229 e. The Labute approximate surface area is 196 Å². The minimum atomic E-state index is -1.20. The molecule has 1 aliphatic heterocycles. The topological polar surface area (TPSA) is 90.4 Å². The molecule has 1 atom stereocenters. The number of phenolic OH excluding ortho intramolecular Hbond substituents is 1. The number of phenols is 1. The third-order valence-electron chi connectivity index (χ3n) is 6.35. The third-order valence-corrected chi connectivity index (χ3v) is 7.59. The second-order valence-corrected chi connectivity index (χ2v) is 9.88. The first-order valence-corrected chi connectivity index (χ1v) is 12.8. The molecule has 3 aromatic rings. The molecule has 0 spiro atoms. The highest BCUT2D eigenvalue weighted by molar-refractivity contribution is 7.83. The summed E-state index contributed by atoms with van der Waals surface area (Å²) in [5.74, 6) is 1.61. The standard InChI is InChI=1S/C25H29N5O2S/c31-23-10-4-9-22-21(23)8-5-17-30(22)24-15-16-26-25(28-24)27-18-11-13-20(14-12-18)33(32)29-19-6-2-1-3-7-19/h4,9-16,19,29,31H,1-3,5-8,17H2,(H,26,27,28). The van der Waals surface area contributed by atoms with Gasteiger partial charge in [0, 0.05) is 35.7 Å². The van der Waals surface area contributed by atoms with Crippen molar-refractivity contribution in [2.24, 2.45) is 0 Å². The van der Waals surface area contributed by atoms with Crippen LogP contribution in [0.2, 0.25) is 0 Å². The summed E-state index contributed by atoms with van der Waals surface area (Å²) in [4.78, 5) is 12.0. The molecule has 2 aliphatic rings. The fraction of sp³-hybridized carbons (Fsp3) is 0.360. The minimum absolute atomic E-state index is 0.333. The Morgan fingerprint density at radius 2 is 1.82 bits per heavy atom. The monoisotopic (exact) mass is 463 g/mol. The largest absolute Gasteiger partial charge is 0.508 e. The van der Waals surface area contributed by atoms with E-state index in [1.54, 1.807) is 12.3 Å². The van der Waals surface area contributed by atoms with E-state index >= 15 is 0 Å². The van der Waals surface area contributed by atoms with E-state index in [1.807, 2.05) is 42.5 Å². The summed E-state index contributed by atoms with van der Waals surface area (Å²) in [6.45, 7) is 0.835. The summed E-state index contributed by atoms with van der Waals surface area (Å²) in [5.41, 5.74) is 2.78. The SMILES string of the molecule is O=S(NC1CCCCC1)c1ccc(Nc2nccc(N3CCCc4c(O)cccc43)n2)cc1. The summed E-state index contributed by atoms with van der Waals surface area (Å²) < 4.78 is 15.9. The van der Waals surface area contributed by atoms with Crippen molar-refractivity contribution in [3.63, 3.8) is 0 Å². The predicted octanol–water partition coefficient (Wildman–Crippen LogP) is 4.96. The molecule has 5 rings (SSSR count). The second kappa shape index (κ2) is 9.89. The normalized spacial score (nSPS) is 17.4. The lowest BCUT2D eigenvalue weighted by atomic mass is 9.96. The summed E-state index contributed by atoms with van der Waals surface area (Å²) in [6.07, 6.45) is 9.44. The summed E-state index contributed by atoms with van der Waals surface area (Å²) >= 11 is 0. The summed E-state index contributed by atoms with van der Waals surface area (Å²) in [5, 5.41) is 13.5. The summed E-state index contributed by atoms with van der Waals surface area (Å²) in [6, 6.07) is 15.4. The van der Waals surface area contributed by atoms with Gasteiger partial charge >= 0.3 is 0 Å². The van der Waals surface area contributed by atoms with Gasteiger partial charge in [0.15, 0.2) is 0 Å². The van der Waals surface area contributed by atoms with Crippen LogP contribution in [0.4, 0.5) is 23.1 Å². The molecular weight excluding hydrogens is 434 g/mol. The lowest BCUT2D eigenvalue weighted by Gasteiger charge is -2.30. The summed E-state index contributed by atoms with van der Waals surface area (Å²) in [7, 11) is -1.20. The van der Waals surface area contributed by atoms with Crippen LogP contribution in [0, 0.1) is 0 Å². The van der Waals surface area contributed by atoms with Gasteiger partial charge in [-0.05, 0) is 68.1 Å². The van der Waals surface area contributed by atoms with E-state index in [0.717, 1.165) is 59.9 Å². The molecule has 0 radical (unpaired) electrons. The molecule has 1 unspecified atom stereocenters. The molecule has 7 nitrogen and oxygen atoms in total. The van der Waals surface area contributed by atoms with Crippen LogP contribution in [0.15, 0.2) is 59.6 Å². The molecule has 0 saturated heterocycles. The van der Waals surface area contributed by atoms with Gasteiger partial charge in [-0.2, -0.15) is 4.98 Å². The van der Waals surface area contributed by atoms with Crippen molar-refractivity contribution >= 4 is 34.1 Å². The van der Waals surface area contributed by atoms with Crippen LogP contribution in [-0.4, -0.2) is 31.9 Å². The van der Waals surface area contributed by atoms with Crippen molar-refractivity contribution in [2.45, 2.75) is 55.9 Å². The zero-order chi connectivity index (χ0) is 22.6. The van der Waals surface area contributed by atoms with Crippen molar-refractivity contribution < 1.29 is 9.32 Å². The first kappa shape index (κ1) is 21.9. The zero-order valence-electron chi connectivity index (χ0n) is 18.5. The molecule has 1 fully saturated rings. The molecule has 33 heavy (non-hydrogen) atoms. The number of benzene rings is 2. The average molecular weight is 464 g/mol. The molecule has 2 aromatic carbocycles. The Morgan fingerprint density at radius 3 is 2.64 bits per heavy atom. The van der Waals surface area contributed by atoms with Gasteiger partial charge in [-0.15, -0.1) is 0 Å². The number of rotatable bonds is 6. The number of hydrogen-bond donors (Lipinski definition) is 3. The Hall–Kier alpha value is -2.97. The first-order valence-electron chi connectivity index (χ1n) is 11.6. The van der Waals surface area contributed by atoms with Gasteiger partial charge in [0.05, 0.1) is 4.90 Å². The van der Waals surface area contributed by atoms with Gasteiger partial charge in [-0.25, -0.2) is 13.9 Å². The molecule has 0 amide bonds. The van der Waals surface area contributed by atoms with E-state index in [0.29, 0.717) is 17.7 Å². The van der Waals surface area contributed by atoms with Crippen LogP contribution in [0.3, 0.4) is 0 Å². The van der Waals surface area contributed by atoms with Crippen LogP contribution in [0.1, 0.15) is 44.1 Å². The average Bonchev–Trinajstić information content (AvgIpc) is 2.85. The van der Waals surface area contributed by atoms with E-state index in [4.69, 9.17) is 4.98 Å². The number of nitrogens with one attached hydrogen (secondary N) is 2. The number of aromatic hydroxyl groups is 1. The molecule has 172 valence electrons. The number of fused-ring (bicyclic) bond motifs is 1. The lowest BCUT2D eigenvalue weighted by Crippen LogP contribution is -2.32. The van der Waals surface area contributed by atoms with Crippen molar-refractivity contribution in [1.82, 2.24) is 14.7 Å². The van der Waals surface area contributed by atoms with Crippen molar-refractivity contribution in [3.05, 3.63) is 60.3 Å². The Morgan fingerprint density at radius 1 is 1.00 bits per heavy atom. The van der Waals surface area contributed by atoms with Crippen molar-refractivity contribution in [1.29, 1.82) is 0 Å². The van der Waals surface area contributed by atoms with Crippen LogP contribution in [-0.2, 0) is 17.4 Å². The first-order chi connectivity index (χ1) is 16.2. The highest BCUT2D eigenvalue weighted by Crippen LogP contribution is 2.37. The van der Waals surface area contributed by atoms with Crippen LogP contribution < -0.4 is 14.9 Å². The fourth-order valence-electron chi connectivity index (χ4n) is 4.63. The van der Waals surface area contributed by atoms with E-state index in [1.165, 1.54) is 19.3 Å². The highest BCUT2D eigenvalue weighted by Gasteiger charge is 2.22. The molecule has 1 aromatic heterocycles. The number of nitrogens with zero attached hydrogens (tertiary/aromatic N) is 3. The highest BCUT2D eigenvalue weighted by atomic mass is 32.2. The molecule has 8 heteroatoms. The number of hydrogen-bond acceptors (Lipinski definition) is 6. The van der Waals surface area contributed by atoms with Gasteiger partial charge < -0.3 is 15.3 Å². The van der Waals surface area contributed by atoms with Gasteiger partial charge in [0.25, 0.3) is 0 Å². The fourth-order valence-corrected chi connectivity index (χ4v) is 5.69. The maximum atomic E-state index is 12.7. The van der Waals surface area contributed by atoms with E-state index in [2.05, 4.69) is 19.9 Å². The van der Waals surface area contributed by atoms with Crippen molar-refractivity contribution in [2.75, 3.05) is 16.8 Å². The van der Waals surface area contributed by atoms with E-state index in [9.17, 15) is 9.32 Å². The Kier molecular flexibility index (Phi) is 6.55. The lowest BCUT2D eigenvalue weighted by molar-refractivity contribution is 0.419. The van der Waals surface area contributed by atoms with Gasteiger partial charge in [0.2, 0.25) is 5.95 Å². The van der Waals surface area contributed by atoms with Gasteiger partial charge in [0.1, 0.15) is 22.6 Å². The number of aromatic nitrogens is 2. The zero-order valence-corrected chi connectivity index (χ0v) is 19.4. The van der Waals surface area contributed by atoms with Crippen molar-refractivity contribution in [3.8, 4) is 5.75 Å². The predicted molar refractivity (Wildman–Crippen MR) is 132 cm³/mol. The van der Waals surface area contributed by atoms with Crippen LogP contribution in [0.25, 0.3) is 0 Å². The van der Waals surface area contributed by atoms with Crippen LogP contribution >= 0.6 is 0 Å². The third kappa shape index (κ3) is 5.02. The molecule has 2 heterocycles. The van der Waals surface area contributed by atoms with E-state index < -0.39 is 11.0 Å². The van der Waals surface area contributed by atoms with E-state index in [-0.39, 0.29) is 0 Å². The Balaban J connectivity index is 1.28. The molecule has 1 saturated carbocycles.